The second kappa shape index (κ2) is 10.6. The van der Waals surface area contributed by atoms with Crippen LogP contribution in [0.15, 0.2) is 128 Å². The van der Waals surface area contributed by atoms with Crippen LogP contribution in [-0.2, 0) is 10.8 Å². The van der Waals surface area contributed by atoms with E-state index in [1.54, 1.807) is 11.1 Å². The Kier molecular flexibility index (Phi) is 6.02. The van der Waals surface area contributed by atoms with E-state index < -0.39 is 0 Å². The molecule has 4 fully saturated rings. The van der Waals surface area contributed by atoms with Crippen LogP contribution in [0.5, 0.6) is 0 Å². The van der Waals surface area contributed by atoms with Crippen LogP contribution >= 0.6 is 0 Å². The average molecular weight is 684 g/mol. The van der Waals surface area contributed by atoms with Gasteiger partial charge in [0, 0.05) is 46.7 Å². The molecule has 53 heavy (non-hydrogen) atoms. The minimum Gasteiger partial charge on any atom is -0.265 e. The van der Waals surface area contributed by atoms with Crippen molar-refractivity contribution in [2.24, 2.45) is 23.7 Å². The van der Waals surface area contributed by atoms with Gasteiger partial charge in [-0.15, -0.1) is 0 Å². The Hall–Kier alpha value is -5.41. The van der Waals surface area contributed by atoms with E-state index in [9.17, 15) is 0 Å². The molecule has 3 nitrogen and oxygen atoms in total. The number of fused-ring (bicyclic) bond motifs is 9. The normalized spacial score (nSPS) is 25.0. The molecule has 3 heterocycles. The van der Waals surface area contributed by atoms with E-state index in [0.29, 0.717) is 0 Å². The highest BCUT2D eigenvalue weighted by molar-refractivity contribution is 6.12. The molecule has 6 aliphatic carbocycles. The summed E-state index contributed by atoms with van der Waals surface area (Å²) in [4.78, 5) is 14.0. The molecule has 7 aromatic rings. The van der Waals surface area contributed by atoms with Crippen LogP contribution in [0, 0.1) is 23.7 Å². The van der Waals surface area contributed by atoms with Crippen molar-refractivity contribution in [3.63, 3.8) is 0 Å². The van der Waals surface area contributed by atoms with Gasteiger partial charge in [0.1, 0.15) is 0 Å². The fraction of sp³-hybridized carbons (Fsp3) is 0.260. The molecule has 3 heteroatoms. The van der Waals surface area contributed by atoms with Gasteiger partial charge in [0.2, 0.25) is 0 Å². The first-order chi connectivity index (χ1) is 26.0. The molecule has 4 bridgehead atoms. The largest absolute Gasteiger partial charge is 0.265 e. The SMILES string of the molecule is CC1(C)c2ccc3c(c2-c2c1cc(-c1cc(-c4ccncc4)cc(-c4ccncc4)n1)c1ccccc21)-c1ccccc1C31C2CC3CC(C2)CC1C3. The maximum Gasteiger partial charge on any atom is 0.0722 e. The molecule has 1 spiro atoms. The summed E-state index contributed by atoms with van der Waals surface area (Å²) in [6, 6.07) is 39.1. The standard InChI is InChI=1S/C50H41N3/c1-49(2)41-11-12-42-47(38-9-5-6-10-40(38)50(42)34-22-29-21-30(24-34)25-35(50)23-29)48(41)46-37-8-4-3-7-36(37)39(28-43(46)49)45-27-33(31-13-17-51-18-14-31)26-44(53-45)32-15-19-52-20-16-32/h3-20,26-30,34-35H,21-25H2,1-2H3. The molecule has 0 radical (unpaired) electrons. The third kappa shape index (κ3) is 3.93. The quantitative estimate of drug-likeness (QED) is 0.186. The minimum atomic E-state index is -0.177. The van der Waals surface area contributed by atoms with Crippen molar-refractivity contribution in [2.45, 2.75) is 56.8 Å². The highest BCUT2D eigenvalue weighted by Gasteiger charge is 2.62. The van der Waals surface area contributed by atoms with Crippen LogP contribution in [0.25, 0.3) is 66.7 Å². The summed E-state index contributed by atoms with van der Waals surface area (Å²) in [7, 11) is 0. The van der Waals surface area contributed by atoms with Crippen LogP contribution in [0.2, 0.25) is 0 Å². The van der Waals surface area contributed by atoms with Crippen molar-refractivity contribution in [3.8, 4) is 55.9 Å². The molecule has 4 saturated carbocycles. The molecule has 0 saturated heterocycles. The molecule has 0 N–H and O–H groups in total. The second-order valence-electron chi connectivity index (χ2n) is 17.2. The Morgan fingerprint density at radius 1 is 0.472 bits per heavy atom. The van der Waals surface area contributed by atoms with Gasteiger partial charge >= 0.3 is 0 Å². The van der Waals surface area contributed by atoms with Crippen molar-refractivity contribution >= 4 is 10.8 Å². The summed E-state index contributed by atoms with van der Waals surface area (Å²) in [6.45, 7) is 4.90. The van der Waals surface area contributed by atoms with Crippen molar-refractivity contribution in [2.75, 3.05) is 0 Å². The summed E-state index contributed by atoms with van der Waals surface area (Å²) >= 11 is 0. The van der Waals surface area contributed by atoms with Crippen molar-refractivity contribution < 1.29 is 0 Å². The fourth-order valence-electron chi connectivity index (χ4n) is 12.6. The lowest BCUT2D eigenvalue weighted by molar-refractivity contribution is -0.0399. The van der Waals surface area contributed by atoms with Gasteiger partial charge in [0.05, 0.1) is 11.4 Å². The molecule has 256 valence electrons. The van der Waals surface area contributed by atoms with Crippen LogP contribution in [0.4, 0.5) is 0 Å². The summed E-state index contributed by atoms with van der Waals surface area (Å²) < 4.78 is 0. The molecule has 0 amide bonds. The van der Waals surface area contributed by atoms with Gasteiger partial charge < -0.3 is 0 Å². The Balaban J connectivity index is 1.13. The number of rotatable bonds is 3. The zero-order valence-corrected chi connectivity index (χ0v) is 30.3. The van der Waals surface area contributed by atoms with E-state index in [4.69, 9.17) is 4.98 Å². The Morgan fingerprint density at radius 3 is 1.83 bits per heavy atom. The van der Waals surface area contributed by atoms with Crippen LogP contribution < -0.4 is 0 Å². The van der Waals surface area contributed by atoms with E-state index >= 15 is 0 Å². The van der Waals surface area contributed by atoms with Crippen molar-refractivity contribution in [1.29, 1.82) is 0 Å². The maximum absolute atomic E-state index is 5.42. The lowest BCUT2D eigenvalue weighted by Gasteiger charge is -2.61. The summed E-state index contributed by atoms with van der Waals surface area (Å²) in [6.07, 6.45) is 14.5. The third-order valence-corrected chi connectivity index (χ3v) is 14.5. The number of nitrogens with zero attached hydrogens (tertiary/aromatic N) is 3. The van der Waals surface area contributed by atoms with Gasteiger partial charge in [-0.25, -0.2) is 4.98 Å². The summed E-state index contributed by atoms with van der Waals surface area (Å²) in [5.74, 6) is 3.36. The van der Waals surface area contributed by atoms with E-state index in [-0.39, 0.29) is 10.8 Å². The van der Waals surface area contributed by atoms with E-state index in [1.807, 2.05) is 24.8 Å². The predicted octanol–water partition coefficient (Wildman–Crippen LogP) is 12.1. The molecule has 4 aromatic carbocycles. The Bertz CT molecular complexity index is 2570. The second-order valence-corrected chi connectivity index (χ2v) is 17.2. The Labute approximate surface area is 311 Å². The lowest BCUT2D eigenvalue weighted by atomic mass is 9.43. The number of pyridine rings is 3. The van der Waals surface area contributed by atoms with E-state index in [0.717, 1.165) is 51.7 Å². The molecular formula is C50H41N3. The first-order valence-electron chi connectivity index (χ1n) is 19.7. The Morgan fingerprint density at radius 2 is 1.09 bits per heavy atom. The maximum atomic E-state index is 5.42. The zero-order valence-electron chi connectivity index (χ0n) is 30.3. The van der Waals surface area contributed by atoms with E-state index in [2.05, 4.69) is 127 Å². The number of benzene rings is 4. The van der Waals surface area contributed by atoms with Crippen LogP contribution in [0.1, 0.15) is 68.2 Å². The number of aromatic nitrogens is 3. The highest BCUT2D eigenvalue weighted by Crippen LogP contribution is 2.71. The molecular weight excluding hydrogens is 643 g/mol. The molecule has 0 aliphatic heterocycles. The van der Waals surface area contributed by atoms with Crippen molar-refractivity contribution in [1.82, 2.24) is 15.0 Å². The molecule has 0 unspecified atom stereocenters. The zero-order chi connectivity index (χ0) is 35.1. The van der Waals surface area contributed by atoms with Gasteiger partial charge in [-0.3, -0.25) is 9.97 Å². The average Bonchev–Trinajstić information content (AvgIpc) is 3.62. The summed E-state index contributed by atoms with van der Waals surface area (Å²) in [5, 5.41) is 2.58. The highest BCUT2D eigenvalue weighted by atomic mass is 14.7. The first-order valence-corrected chi connectivity index (χ1v) is 19.7. The van der Waals surface area contributed by atoms with Gasteiger partial charge in [-0.2, -0.15) is 0 Å². The minimum absolute atomic E-state index is 0.150. The summed E-state index contributed by atoms with van der Waals surface area (Å²) in [5.41, 5.74) is 18.5. The van der Waals surface area contributed by atoms with Gasteiger partial charge in [0.25, 0.3) is 0 Å². The fourth-order valence-corrected chi connectivity index (χ4v) is 12.6. The van der Waals surface area contributed by atoms with Gasteiger partial charge in [0.15, 0.2) is 0 Å². The smallest absolute Gasteiger partial charge is 0.0722 e. The predicted molar refractivity (Wildman–Crippen MR) is 214 cm³/mol. The van der Waals surface area contributed by atoms with Gasteiger partial charge in [-0.05, 0) is 165 Å². The first kappa shape index (κ1) is 30.1. The van der Waals surface area contributed by atoms with Crippen molar-refractivity contribution in [3.05, 3.63) is 150 Å². The monoisotopic (exact) mass is 683 g/mol. The molecule has 13 rings (SSSR count). The molecule has 0 atom stereocenters. The van der Waals surface area contributed by atoms with Crippen LogP contribution in [-0.4, -0.2) is 15.0 Å². The van der Waals surface area contributed by atoms with Gasteiger partial charge in [-0.1, -0.05) is 74.5 Å². The topological polar surface area (TPSA) is 38.7 Å². The molecule has 6 aliphatic rings. The third-order valence-electron chi connectivity index (χ3n) is 14.5. The molecule has 3 aromatic heterocycles. The number of hydrogen-bond donors (Lipinski definition) is 0. The van der Waals surface area contributed by atoms with Crippen LogP contribution in [0.3, 0.4) is 0 Å². The number of hydrogen-bond acceptors (Lipinski definition) is 3. The van der Waals surface area contributed by atoms with E-state index in [1.165, 1.54) is 81.8 Å². The lowest BCUT2D eigenvalue weighted by Crippen LogP contribution is -2.55.